The molecule has 2 aliphatic carbocycles. The van der Waals surface area contributed by atoms with Gasteiger partial charge >= 0.3 is 0 Å². The van der Waals surface area contributed by atoms with Crippen LogP contribution in [-0.4, -0.2) is 0 Å². The first-order valence-electron chi connectivity index (χ1n) is 20.2. The molecule has 55 heavy (non-hydrogen) atoms. The molecule has 0 aromatic heterocycles. The van der Waals surface area contributed by atoms with Gasteiger partial charge < -0.3 is 9.80 Å². The maximum atomic E-state index is 2.41. The Morgan fingerprint density at radius 3 is 1.44 bits per heavy atom. The normalized spacial score (nSPS) is 15.2. The van der Waals surface area contributed by atoms with E-state index in [4.69, 9.17) is 0 Å². The molecular formula is C53H50N2. The van der Waals surface area contributed by atoms with Gasteiger partial charge in [0.1, 0.15) is 0 Å². The van der Waals surface area contributed by atoms with Crippen LogP contribution in [0.5, 0.6) is 0 Å². The fourth-order valence-electron chi connectivity index (χ4n) is 9.23. The Kier molecular flexibility index (Phi) is 9.36. The number of rotatable bonds is 9. The van der Waals surface area contributed by atoms with Gasteiger partial charge in [0, 0.05) is 45.5 Å². The van der Waals surface area contributed by atoms with Crippen LogP contribution >= 0.6 is 0 Å². The highest BCUT2D eigenvalue weighted by atomic mass is 15.1. The Morgan fingerprint density at radius 1 is 0.436 bits per heavy atom. The van der Waals surface area contributed by atoms with E-state index < -0.39 is 0 Å². The van der Waals surface area contributed by atoms with Crippen molar-refractivity contribution in [2.24, 2.45) is 0 Å². The Bertz CT molecular complexity index is 2370. The summed E-state index contributed by atoms with van der Waals surface area (Å²) in [6.45, 7) is 7.02. The SMILES string of the molecule is CC(c1ccc(N(c2ccccc2)c2ccc(C3CCCCC3)cc2)cc1)c1ccc(N(c2ccccc2)c2ccc3c(c2)C(C)(C)c2ccccc2-3)cc1. The zero-order valence-corrected chi connectivity index (χ0v) is 32.3. The molecule has 272 valence electrons. The van der Waals surface area contributed by atoms with Gasteiger partial charge in [-0.15, -0.1) is 0 Å². The lowest BCUT2D eigenvalue weighted by Gasteiger charge is -2.28. The molecule has 2 heteroatoms. The summed E-state index contributed by atoms with van der Waals surface area (Å²) in [7, 11) is 0. The first-order chi connectivity index (χ1) is 27.0. The molecule has 0 radical (unpaired) electrons. The third-order valence-corrected chi connectivity index (χ3v) is 12.4. The molecule has 7 aromatic rings. The summed E-state index contributed by atoms with van der Waals surface area (Å²) in [6, 6.07) is 65.1. The number of anilines is 6. The molecule has 0 spiro atoms. The van der Waals surface area contributed by atoms with Crippen LogP contribution in [-0.2, 0) is 5.41 Å². The number of benzene rings is 7. The summed E-state index contributed by atoms with van der Waals surface area (Å²) in [5, 5.41) is 0. The van der Waals surface area contributed by atoms with Crippen molar-refractivity contribution < 1.29 is 0 Å². The lowest BCUT2D eigenvalue weighted by Crippen LogP contribution is -2.16. The van der Waals surface area contributed by atoms with Crippen molar-refractivity contribution in [2.75, 3.05) is 9.80 Å². The van der Waals surface area contributed by atoms with Crippen molar-refractivity contribution >= 4 is 34.1 Å². The van der Waals surface area contributed by atoms with Crippen LogP contribution in [0.1, 0.15) is 92.5 Å². The maximum Gasteiger partial charge on any atom is 0.0465 e. The van der Waals surface area contributed by atoms with E-state index in [2.05, 4.69) is 206 Å². The van der Waals surface area contributed by atoms with E-state index in [-0.39, 0.29) is 11.3 Å². The number of para-hydroxylation sites is 2. The van der Waals surface area contributed by atoms with E-state index in [1.165, 1.54) is 93.8 Å². The second-order valence-electron chi connectivity index (χ2n) is 16.1. The van der Waals surface area contributed by atoms with Crippen molar-refractivity contribution in [1.29, 1.82) is 0 Å². The molecule has 1 saturated carbocycles. The smallest absolute Gasteiger partial charge is 0.0465 e. The van der Waals surface area contributed by atoms with Crippen LogP contribution in [0.4, 0.5) is 34.1 Å². The van der Waals surface area contributed by atoms with Crippen molar-refractivity contribution in [2.45, 2.75) is 70.1 Å². The van der Waals surface area contributed by atoms with Gasteiger partial charge in [0.2, 0.25) is 0 Å². The highest BCUT2D eigenvalue weighted by molar-refractivity contribution is 5.85. The van der Waals surface area contributed by atoms with Crippen LogP contribution in [0.2, 0.25) is 0 Å². The standard InChI is InChI=1S/C53H50N2/c1-38(39-23-29-45(30-24-39)54(43-17-9-5-10-18-43)46-33-27-42(28-34-46)41-15-7-4-8-16-41)40-25-31-47(32-26-40)55(44-19-11-6-12-20-44)48-35-36-50-49-21-13-14-22-51(49)53(2,3)52(50)37-48/h5-6,9-14,17-38,41H,4,7-8,15-16H2,1-3H3. The van der Waals surface area contributed by atoms with Crippen LogP contribution < -0.4 is 9.80 Å². The second kappa shape index (κ2) is 14.8. The van der Waals surface area contributed by atoms with Crippen LogP contribution in [0.3, 0.4) is 0 Å². The van der Waals surface area contributed by atoms with Gasteiger partial charge in [0.05, 0.1) is 0 Å². The largest absolute Gasteiger partial charge is 0.311 e. The molecule has 0 amide bonds. The zero-order valence-electron chi connectivity index (χ0n) is 32.3. The van der Waals surface area contributed by atoms with Gasteiger partial charge in [-0.25, -0.2) is 0 Å². The predicted octanol–water partition coefficient (Wildman–Crippen LogP) is 15.1. The van der Waals surface area contributed by atoms with Gasteiger partial charge in [-0.2, -0.15) is 0 Å². The number of nitrogens with zero attached hydrogens (tertiary/aromatic N) is 2. The van der Waals surface area contributed by atoms with Crippen molar-refractivity contribution in [3.05, 3.63) is 204 Å². The number of hydrogen-bond acceptors (Lipinski definition) is 2. The lowest BCUT2D eigenvalue weighted by molar-refractivity contribution is 0.443. The Hall–Kier alpha value is -5.86. The van der Waals surface area contributed by atoms with E-state index in [1.807, 2.05) is 0 Å². The maximum absolute atomic E-state index is 2.41. The second-order valence-corrected chi connectivity index (χ2v) is 16.1. The number of fused-ring (bicyclic) bond motifs is 3. The minimum absolute atomic E-state index is 0.0591. The third kappa shape index (κ3) is 6.65. The molecular weight excluding hydrogens is 665 g/mol. The molecule has 1 fully saturated rings. The van der Waals surface area contributed by atoms with E-state index in [1.54, 1.807) is 0 Å². The van der Waals surface area contributed by atoms with Crippen LogP contribution in [0.25, 0.3) is 11.1 Å². The Morgan fingerprint density at radius 2 is 0.873 bits per heavy atom. The topological polar surface area (TPSA) is 6.48 Å². The first kappa shape index (κ1) is 34.9. The van der Waals surface area contributed by atoms with Gasteiger partial charge in [0.25, 0.3) is 0 Å². The molecule has 0 bridgehead atoms. The summed E-state index contributed by atoms with van der Waals surface area (Å²) in [4.78, 5) is 4.77. The molecule has 1 atom stereocenters. The highest BCUT2D eigenvalue weighted by Crippen LogP contribution is 2.50. The monoisotopic (exact) mass is 714 g/mol. The molecule has 9 rings (SSSR count). The fourth-order valence-corrected chi connectivity index (χ4v) is 9.23. The summed E-state index contributed by atoms with van der Waals surface area (Å²) >= 11 is 0. The molecule has 2 nitrogen and oxygen atoms in total. The molecule has 7 aromatic carbocycles. The molecule has 0 aliphatic heterocycles. The molecule has 0 heterocycles. The average Bonchev–Trinajstić information content (AvgIpc) is 3.48. The van der Waals surface area contributed by atoms with Crippen LogP contribution in [0, 0.1) is 0 Å². The summed E-state index contributed by atoms with van der Waals surface area (Å²) < 4.78 is 0. The Labute approximate surface area is 327 Å². The van der Waals surface area contributed by atoms with Crippen molar-refractivity contribution in [3.63, 3.8) is 0 Å². The molecule has 1 unspecified atom stereocenters. The fraction of sp³-hybridized carbons (Fsp3) is 0.208. The minimum atomic E-state index is -0.0591. The molecule has 0 saturated heterocycles. The minimum Gasteiger partial charge on any atom is -0.311 e. The van der Waals surface area contributed by atoms with Gasteiger partial charge in [-0.3, -0.25) is 0 Å². The van der Waals surface area contributed by atoms with E-state index >= 15 is 0 Å². The molecule has 2 aliphatic rings. The van der Waals surface area contributed by atoms with Gasteiger partial charge in [0.15, 0.2) is 0 Å². The zero-order chi connectivity index (χ0) is 37.4. The van der Waals surface area contributed by atoms with E-state index in [9.17, 15) is 0 Å². The first-order valence-corrected chi connectivity index (χ1v) is 20.2. The van der Waals surface area contributed by atoms with E-state index in [0.717, 1.165) is 11.4 Å². The molecule has 0 N–H and O–H groups in total. The summed E-state index contributed by atoms with van der Waals surface area (Å²) in [5.74, 6) is 0.946. The number of hydrogen-bond donors (Lipinski definition) is 0. The van der Waals surface area contributed by atoms with Gasteiger partial charge in [-0.1, -0.05) is 143 Å². The Balaban J connectivity index is 0.989. The van der Waals surface area contributed by atoms with Crippen LogP contribution in [0.15, 0.2) is 176 Å². The third-order valence-electron chi connectivity index (χ3n) is 12.4. The highest BCUT2D eigenvalue weighted by Gasteiger charge is 2.35. The summed E-state index contributed by atoms with van der Waals surface area (Å²) in [6.07, 6.45) is 6.73. The van der Waals surface area contributed by atoms with E-state index in [0.29, 0.717) is 5.92 Å². The average molecular weight is 715 g/mol. The summed E-state index contributed by atoms with van der Waals surface area (Å²) in [5.41, 5.74) is 16.5. The van der Waals surface area contributed by atoms with Crippen molar-refractivity contribution in [1.82, 2.24) is 0 Å². The predicted molar refractivity (Wildman–Crippen MR) is 233 cm³/mol. The quantitative estimate of drug-likeness (QED) is 0.147. The van der Waals surface area contributed by atoms with Crippen molar-refractivity contribution in [3.8, 4) is 11.1 Å². The van der Waals surface area contributed by atoms with Gasteiger partial charge in [-0.05, 0) is 131 Å². The lowest BCUT2D eigenvalue weighted by atomic mass is 9.82.